The van der Waals surface area contributed by atoms with E-state index in [9.17, 15) is 9.59 Å². The number of hydrogen-bond acceptors (Lipinski definition) is 4. The molecular formula is C23H28N2O4. The Labute approximate surface area is 172 Å². The first-order chi connectivity index (χ1) is 13.9. The maximum absolute atomic E-state index is 13.7. The van der Waals surface area contributed by atoms with Crippen molar-refractivity contribution >= 4 is 12.0 Å². The van der Waals surface area contributed by atoms with Crippen molar-refractivity contribution in [1.29, 1.82) is 0 Å². The fourth-order valence-electron chi connectivity index (χ4n) is 3.98. The fourth-order valence-corrected chi connectivity index (χ4v) is 3.98. The molecule has 0 bridgehead atoms. The highest BCUT2D eigenvalue weighted by molar-refractivity contribution is 5.97. The predicted octanol–water partition coefficient (Wildman–Crippen LogP) is 3.66. The van der Waals surface area contributed by atoms with Gasteiger partial charge in [-0.2, -0.15) is 0 Å². The molecule has 1 aromatic rings. The summed E-state index contributed by atoms with van der Waals surface area (Å²) in [6, 6.07) is 9.50. The highest BCUT2D eigenvalue weighted by Crippen LogP contribution is 2.33. The Hall–Kier alpha value is -2.86. The van der Waals surface area contributed by atoms with E-state index in [4.69, 9.17) is 9.47 Å². The molecule has 1 fully saturated rings. The number of hydrogen-bond donors (Lipinski definition) is 0. The number of allylic oxidation sites excluding steroid dienone is 2. The minimum atomic E-state index is -0.743. The zero-order valence-electron chi connectivity index (χ0n) is 17.2. The maximum atomic E-state index is 13.7. The predicted molar refractivity (Wildman–Crippen MR) is 111 cm³/mol. The molecule has 154 valence electrons. The Morgan fingerprint density at radius 2 is 2.03 bits per heavy atom. The molecule has 0 aromatic heterocycles. The number of methoxy groups -OCH3 is 1. The molecular weight excluding hydrogens is 368 g/mol. The summed E-state index contributed by atoms with van der Waals surface area (Å²) in [5.41, 5.74) is 0.926. The van der Waals surface area contributed by atoms with Gasteiger partial charge in [0, 0.05) is 11.8 Å². The summed E-state index contributed by atoms with van der Waals surface area (Å²) < 4.78 is 10.9. The molecule has 1 saturated heterocycles. The second-order valence-electron chi connectivity index (χ2n) is 7.66. The molecule has 0 spiro atoms. The smallest absolute Gasteiger partial charge is 0.414 e. The summed E-state index contributed by atoms with van der Waals surface area (Å²) in [7, 11) is 1.33. The molecule has 6 heteroatoms. The van der Waals surface area contributed by atoms with E-state index >= 15 is 0 Å². The van der Waals surface area contributed by atoms with E-state index < -0.39 is 17.9 Å². The molecule has 1 aromatic carbocycles. The monoisotopic (exact) mass is 396 g/mol. The van der Waals surface area contributed by atoms with E-state index in [1.54, 1.807) is 29.3 Å². The van der Waals surface area contributed by atoms with Gasteiger partial charge in [-0.1, -0.05) is 36.4 Å². The quantitative estimate of drug-likeness (QED) is 0.713. The van der Waals surface area contributed by atoms with Crippen molar-refractivity contribution in [3.63, 3.8) is 0 Å². The zero-order valence-corrected chi connectivity index (χ0v) is 17.2. The Morgan fingerprint density at radius 3 is 2.69 bits per heavy atom. The Balaban J connectivity index is 1.90. The minimum Gasteiger partial charge on any atom is -0.452 e. The molecule has 0 aliphatic carbocycles. The highest BCUT2D eigenvalue weighted by atomic mass is 16.5. The normalized spacial score (nSPS) is 22.9. The van der Waals surface area contributed by atoms with Crippen LogP contribution in [0.4, 0.5) is 4.79 Å². The summed E-state index contributed by atoms with van der Waals surface area (Å²) in [6.45, 7) is 8.04. The van der Waals surface area contributed by atoms with Crippen LogP contribution < -0.4 is 0 Å². The van der Waals surface area contributed by atoms with Crippen molar-refractivity contribution in [2.45, 2.75) is 44.5 Å². The molecule has 3 rings (SSSR count). The van der Waals surface area contributed by atoms with Gasteiger partial charge in [-0.25, -0.2) is 4.79 Å². The topological polar surface area (TPSA) is 59.1 Å². The van der Waals surface area contributed by atoms with Crippen LogP contribution >= 0.6 is 0 Å². The van der Waals surface area contributed by atoms with Gasteiger partial charge in [0.05, 0.1) is 25.8 Å². The van der Waals surface area contributed by atoms with Crippen molar-refractivity contribution in [1.82, 2.24) is 9.80 Å². The summed E-state index contributed by atoms with van der Waals surface area (Å²) in [5.74, 6) is -0.140. The molecule has 0 radical (unpaired) electrons. The van der Waals surface area contributed by atoms with Crippen LogP contribution in [0.1, 0.15) is 25.8 Å². The largest absolute Gasteiger partial charge is 0.452 e. The highest BCUT2D eigenvalue weighted by Gasteiger charge is 2.46. The van der Waals surface area contributed by atoms with Crippen LogP contribution in [0.3, 0.4) is 0 Å². The van der Waals surface area contributed by atoms with Gasteiger partial charge in [0.25, 0.3) is 5.91 Å². The standard InChI is InChI=1S/C23H28N2O4/c1-5-10-20-19(13-9-14-24(20)22(27)28-4)21(26)25-18(16-29-23(25,2)3)15-17-11-7-6-8-12-17/h5-9,11-14,18,20H,1,10,15-16H2,2-4H3/t18-,20-/m0/s1. The summed E-state index contributed by atoms with van der Waals surface area (Å²) in [4.78, 5) is 29.1. The van der Waals surface area contributed by atoms with Gasteiger partial charge in [0.1, 0.15) is 5.72 Å². The molecule has 2 aliphatic rings. The average molecular weight is 396 g/mol. The lowest BCUT2D eigenvalue weighted by atomic mass is 9.96. The number of carbonyl (C=O) groups is 2. The van der Waals surface area contributed by atoms with Crippen LogP contribution in [0.5, 0.6) is 0 Å². The number of ether oxygens (including phenoxy) is 2. The van der Waals surface area contributed by atoms with Crippen LogP contribution in [0.25, 0.3) is 0 Å². The average Bonchev–Trinajstić information content (AvgIpc) is 3.02. The number of carbonyl (C=O) groups excluding carboxylic acids is 2. The van der Waals surface area contributed by atoms with E-state index in [0.717, 1.165) is 5.56 Å². The van der Waals surface area contributed by atoms with Gasteiger partial charge in [0.15, 0.2) is 0 Å². The third-order valence-corrected chi connectivity index (χ3v) is 5.35. The van der Waals surface area contributed by atoms with E-state index in [0.29, 0.717) is 25.0 Å². The molecule has 0 unspecified atom stereocenters. The molecule has 2 aliphatic heterocycles. The molecule has 0 saturated carbocycles. The first-order valence-corrected chi connectivity index (χ1v) is 9.76. The maximum Gasteiger partial charge on any atom is 0.414 e. The third-order valence-electron chi connectivity index (χ3n) is 5.35. The van der Waals surface area contributed by atoms with E-state index in [-0.39, 0.29) is 11.9 Å². The van der Waals surface area contributed by atoms with Gasteiger partial charge in [-0.05, 0) is 44.4 Å². The molecule has 29 heavy (non-hydrogen) atoms. The van der Waals surface area contributed by atoms with Gasteiger partial charge in [-0.15, -0.1) is 6.58 Å². The van der Waals surface area contributed by atoms with Gasteiger partial charge in [0.2, 0.25) is 0 Å². The van der Waals surface area contributed by atoms with Crippen molar-refractivity contribution in [3.8, 4) is 0 Å². The first kappa shape index (κ1) is 20.9. The lowest BCUT2D eigenvalue weighted by molar-refractivity contribution is -0.142. The van der Waals surface area contributed by atoms with Crippen LogP contribution in [-0.2, 0) is 20.7 Å². The van der Waals surface area contributed by atoms with E-state index in [1.807, 2.05) is 32.0 Å². The van der Waals surface area contributed by atoms with Crippen molar-refractivity contribution in [2.75, 3.05) is 13.7 Å². The van der Waals surface area contributed by atoms with Crippen LogP contribution in [-0.4, -0.2) is 53.3 Å². The van der Waals surface area contributed by atoms with Crippen LogP contribution in [0.15, 0.2) is 66.9 Å². The zero-order chi connectivity index (χ0) is 21.0. The van der Waals surface area contributed by atoms with Gasteiger partial charge >= 0.3 is 6.09 Å². The van der Waals surface area contributed by atoms with Crippen LogP contribution in [0, 0.1) is 0 Å². The van der Waals surface area contributed by atoms with Crippen LogP contribution in [0.2, 0.25) is 0 Å². The number of rotatable bonds is 5. The van der Waals surface area contributed by atoms with Gasteiger partial charge in [-0.3, -0.25) is 9.69 Å². The van der Waals surface area contributed by atoms with Crippen molar-refractivity contribution in [2.24, 2.45) is 0 Å². The summed E-state index contributed by atoms with van der Waals surface area (Å²) >= 11 is 0. The second kappa shape index (κ2) is 8.66. The summed E-state index contributed by atoms with van der Waals surface area (Å²) in [5, 5.41) is 0. The number of amides is 2. The third kappa shape index (κ3) is 4.27. The molecule has 2 amide bonds. The second-order valence-corrected chi connectivity index (χ2v) is 7.66. The minimum absolute atomic E-state index is 0.0948. The molecule has 2 atom stereocenters. The van der Waals surface area contributed by atoms with Gasteiger partial charge < -0.3 is 14.4 Å². The Morgan fingerprint density at radius 1 is 1.31 bits per heavy atom. The van der Waals surface area contributed by atoms with E-state index in [2.05, 4.69) is 18.7 Å². The lowest BCUT2D eigenvalue weighted by Gasteiger charge is -2.38. The summed E-state index contributed by atoms with van der Waals surface area (Å²) in [6.07, 6.45) is 7.42. The Kier molecular flexibility index (Phi) is 6.23. The fraction of sp³-hybridized carbons (Fsp3) is 0.391. The molecule has 2 heterocycles. The SMILES string of the molecule is C=CC[C@H]1C(C(=O)N2[C@@H](Cc3ccccc3)COC2(C)C)=CC=CN1C(=O)OC. The Bertz CT molecular complexity index is 829. The van der Waals surface area contributed by atoms with Crippen molar-refractivity contribution in [3.05, 3.63) is 72.5 Å². The number of nitrogens with zero attached hydrogens (tertiary/aromatic N) is 2. The lowest BCUT2D eigenvalue weighted by Crippen LogP contribution is -2.52. The first-order valence-electron chi connectivity index (χ1n) is 9.76. The number of benzene rings is 1. The molecule has 0 N–H and O–H groups in total. The van der Waals surface area contributed by atoms with E-state index in [1.165, 1.54) is 12.0 Å². The van der Waals surface area contributed by atoms with Crippen molar-refractivity contribution < 1.29 is 19.1 Å². The molecule has 6 nitrogen and oxygen atoms in total.